The second-order valence-corrected chi connectivity index (χ2v) is 4.17. The fourth-order valence-electron chi connectivity index (χ4n) is 2.32. The van der Waals surface area contributed by atoms with Crippen molar-refractivity contribution >= 4 is 0 Å². The summed E-state index contributed by atoms with van der Waals surface area (Å²) in [6.07, 6.45) is 6.23. The summed E-state index contributed by atoms with van der Waals surface area (Å²) in [5.41, 5.74) is 1.56. The maximum atomic E-state index is 6.04. The van der Waals surface area contributed by atoms with E-state index in [0.29, 0.717) is 0 Å². The van der Waals surface area contributed by atoms with Gasteiger partial charge in [0.1, 0.15) is 5.60 Å². The Hall–Kier alpha value is -0.383. The van der Waals surface area contributed by atoms with E-state index in [1.807, 2.05) is 6.07 Å². The van der Waals surface area contributed by atoms with Gasteiger partial charge in [0.2, 0.25) is 0 Å². The standard InChI is InChI=1S/C12H13O.Li/c1-2-5-11-10(4-1)6-9-12(13-11)7-3-8-12;/h2,4-5H,3,6-9H2;/q-1;+1. The molecular formula is C12H13LiO. The van der Waals surface area contributed by atoms with Gasteiger partial charge in [0.15, 0.2) is 0 Å². The molecule has 0 saturated heterocycles. The Labute approximate surface area is 97.0 Å². The van der Waals surface area contributed by atoms with Crippen molar-refractivity contribution in [2.45, 2.75) is 37.7 Å². The molecule has 1 fully saturated rings. The number of aryl methyl sites for hydroxylation is 1. The van der Waals surface area contributed by atoms with E-state index in [1.165, 1.54) is 37.7 Å². The van der Waals surface area contributed by atoms with E-state index in [4.69, 9.17) is 4.74 Å². The maximum absolute atomic E-state index is 6.04. The third kappa shape index (κ3) is 1.49. The molecule has 1 spiro atoms. The maximum Gasteiger partial charge on any atom is 1.00 e. The van der Waals surface area contributed by atoms with E-state index in [9.17, 15) is 0 Å². The zero-order chi connectivity index (χ0) is 8.73. The first-order valence-corrected chi connectivity index (χ1v) is 5.06. The molecule has 0 bridgehead atoms. The summed E-state index contributed by atoms with van der Waals surface area (Å²) < 4.78 is 6.04. The third-order valence-corrected chi connectivity index (χ3v) is 3.35. The predicted octanol–water partition coefficient (Wildman–Crippen LogP) is -0.262. The van der Waals surface area contributed by atoms with Crippen LogP contribution in [-0.2, 0) is 6.42 Å². The zero-order valence-corrected chi connectivity index (χ0v) is 8.68. The van der Waals surface area contributed by atoms with E-state index in [0.717, 1.165) is 5.75 Å². The van der Waals surface area contributed by atoms with Crippen molar-refractivity contribution in [3.63, 3.8) is 0 Å². The van der Waals surface area contributed by atoms with E-state index in [2.05, 4.69) is 18.2 Å². The summed E-state index contributed by atoms with van der Waals surface area (Å²) in [6, 6.07) is 9.15. The van der Waals surface area contributed by atoms with Crippen molar-refractivity contribution in [3.8, 4) is 5.75 Å². The van der Waals surface area contributed by atoms with E-state index in [1.54, 1.807) is 0 Å². The van der Waals surface area contributed by atoms with Crippen molar-refractivity contribution < 1.29 is 23.6 Å². The van der Waals surface area contributed by atoms with Crippen LogP contribution < -0.4 is 23.6 Å². The first kappa shape index (κ1) is 10.1. The van der Waals surface area contributed by atoms with Gasteiger partial charge in [0.25, 0.3) is 0 Å². The second kappa shape index (κ2) is 3.64. The fraction of sp³-hybridized carbons (Fsp3) is 0.500. The van der Waals surface area contributed by atoms with Gasteiger partial charge in [-0.3, -0.25) is 0 Å². The Morgan fingerprint density at radius 2 is 2.14 bits per heavy atom. The summed E-state index contributed by atoms with van der Waals surface area (Å²) in [5.74, 6) is 1.10. The SMILES string of the molecule is [Li+].[c-]1ccc2c(c1)CCC1(CCC1)O2. The van der Waals surface area contributed by atoms with Gasteiger partial charge >= 0.3 is 18.9 Å². The molecule has 1 heterocycles. The van der Waals surface area contributed by atoms with E-state index >= 15 is 0 Å². The van der Waals surface area contributed by atoms with Gasteiger partial charge in [0.05, 0.1) is 0 Å². The van der Waals surface area contributed by atoms with Crippen LogP contribution in [0.2, 0.25) is 0 Å². The molecule has 2 aliphatic rings. The van der Waals surface area contributed by atoms with Crippen molar-refractivity contribution in [1.29, 1.82) is 0 Å². The van der Waals surface area contributed by atoms with Crippen LogP contribution in [0.25, 0.3) is 0 Å². The normalized spacial score (nSPS) is 21.4. The third-order valence-electron chi connectivity index (χ3n) is 3.35. The minimum atomic E-state index is 0. The van der Waals surface area contributed by atoms with Crippen molar-refractivity contribution in [2.24, 2.45) is 0 Å². The van der Waals surface area contributed by atoms with Crippen LogP contribution in [0.4, 0.5) is 0 Å². The molecule has 3 rings (SSSR count). The van der Waals surface area contributed by atoms with Crippen LogP contribution in [0.5, 0.6) is 5.75 Å². The van der Waals surface area contributed by atoms with Gasteiger partial charge in [-0.25, -0.2) is 0 Å². The van der Waals surface area contributed by atoms with Gasteiger partial charge in [0, 0.05) is 5.75 Å². The van der Waals surface area contributed by atoms with Crippen LogP contribution in [0.15, 0.2) is 18.2 Å². The first-order chi connectivity index (χ1) is 6.38. The van der Waals surface area contributed by atoms with Gasteiger partial charge < -0.3 is 4.74 Å². The van der Waals surface area contributed by atoms with Crippen molar-refractivity contribution in [3.05, 3.63) is 29.8 Å². The molecule has 0 unspecified atom stereocenters. The number of rotatable bonds is 0. The smallest absolute Gasteiger partial charge is 0.512 e. The average Bonchev–Trinajstić information content (AvgIpc) is 2.15. The minimum absolute atomic E-state index is 0. The Morgan fingerprint density at radius 3 is 2.86 bits per heavy atom. The number of hydrogen-bond donors (Lipinski definition) is 0. The molecule has 1 saturated carbocycles. The molecule has 0 amide bonds. The predicted molar refractivity (Wildman–Crippen MR) is 50.8 cm³/mol. The minimum Gasteiger partial charge on any atom is -0.512 e. The summed E-state index contributed by atoms with van der Waals surface area (Å²) in [4.78, 5) is 0. The summed E-state index contributed by atoms with van der Waals surface area (Å²) in [7, 11) is 0. The number of fused-ring (bicyclic) bond motifs is 1. The Balaban J connectivity index is 0.000000750. The molecule has 0 aromatic heterocycles. The fourth-order valence-corrected chi connectivity index (χ4v) is 2.32. The van der Waals surface area contributed by atoms with Gasteiger partial charge in [-0.1, -0.05) is 6.42 Å². The van der Waals surface area contributed by atoms with Crippen LogP contribution in [-0.4, -0.2) is 5.60 Å². The second-order valence-electron chi connectivity index (χ2n) is 4.17. The number of hydrogen-bond acceptors (Lipinski definition) is 1. The van der Waals surface area contributed by atoms with Crippen LogP contribution >= 0.6 is 0 Å². The Kier molecular flexibility index (Phi) is 2.64. The molecule has 0 radical (unpaired) electrons. The average molecular weight is 180 g/mol. The van der Waals surface area contributed by atoms with Crippen LogP contribution in [0.3, 0.4) is 0 Å². The van der Waals surface area contributed by atoms with Crippen molar-refractivity contribution in [2.75, 3.05) is 0 Å². The largest absolute Gasteiger partial charge is 1.00 e. The molecule has 1 aromatic rings. The number of ether oxygens (including phenoxy) is 1. The quantitative estimate of drug-likeness (QED) is 0.395. The van der Waals surface area contributed by atoms with Crippen molar-refractivity contribution in [1.82, 2.24) is 0 Å². The van der Waals surface area contributed by atoms with E-state index < -0.39 is 0 Å². The topological polar surface area (TPSA) is 9.23 Å². The molecule has 1 aliphatic heterocycles. The molecule has 1 nitrogen and oxygen atoms in total. The monoisotopic (exact) mass is 180 g/mol. The molecule has 68 valence electrons. The summed E-state index contributed by atoms with van der Waals surface area (Å²) in [6.45, 7) is 0. The van der Waals surface area contributed by atoms with Crippen LogP contribution in [0, 0.1) is 6.07 Å². The number of benzene rings is 1. The van der Waals surface area contributed by atoms with Gasteiger partial charge in [-0.15, -0.1) is 11.6 Å². The molecule has 2 heteroatoms. The van der Waals surface area contributed by atoms with E-state index in [-0.39, 0.29) is 24.5 Å². The first-order valence-electron chi connectivity index (χ1n) is 5.06. The Bertz CT molecular complexity index is 331. The molecular weight excluding hydrogens is 167 g/mol. The molecule has 0 N–H and O–H groups in total. The Morgan fingerprint density at radius 1 is 1.29 bits per heavy atom. The molecule has 0 atom stereocenters. The molecule has 14 heavy (non-hydrogen) atoms. The van der Waals surface area contributed by atoms with Gasteiger partial charge in [-0.05, 0) is 25.7 Å². The summed E-state index contributed by atoms with van der Waals surface area (Å²) in [5, 5.41) is 0. The zero-order valence-electron chi connectivity index (χ0n) is 8.68. The molecule has 1 aromatic carbocycles. The summed E-state index contributed by atoms with van der Waals surface area (Å²) >= 11 is 0. The molecule has 1 aliphatic carbocycles. The van der Waals surface area contributed by atoms with Crippen LogP contribution in [0.1, 0.15) is 31.2 Å². The van der Waals surface area contributed by atoms with Gasteiger partial charge in [-0.2, -0.15) is 18.2 Å².